The lowest BCUT2D eigenvalue weighted by molar-refractivity contribution is -0.128. The second-order valence-electron chi connectivity index (χ2n) is 7.02. The molecule has 1 amide bonds. The maximum absolute atomic E-state index is 13.2. The van der Waals surface area contributed by atoms with Crippen molar-refractivity contribution >= 4 is 32.4 Å². The first-order chi connectivity index (χ1) is 15.4. The number of hydrogen-bond acceptors (Lipinski definition) is 6. The van der Waals surface area contributed by atoms with Gasteiger partial charge in [0.25, 0.3) is 10.0 Å². The number of rotatable bonds is 8. The summed E-state index contributed by atoms with van der Waals surface area (Å²) >= 11 is 1.16. The highest BCUT2D eigenvalue weighted by Gasteiger charge is 2.29. The Kier molecular flexibility index (Phi) is 6.33. The predicted molar refractivity (Wildman–Crippen MR) is 123 cm³/mol. The van der Waals surface area contributed by atoms with Gasteiger partial charge in [-0.3, -0.25) is 4.79 Å². The van der Waals surface area contributed by atoms with Crippen LogP contribution in [0.25, 0.3) is 5.69 Å². The number of anilines is 1. The van der Waals surface area contributed by atoms with Gasteiger partial charge in [-0.05, 0) is 24.3 Å². The van der Waals surface area contributed by atoms with Crippen LogP contribution in [-0.2, 0) is 21.4 Å². The highest BCUT2D eigenvalue weighted by molar-refractivity contribution is 7.93. The number of thiazole rings is 1. The molecule has 0 saturated heterocycles. The summed E-state index contributed by atoms with van der Waals surface area (Å²) in [6.07, 6.45) is 5.05. The van der Waals surface area contributed by atoms with E-state index < -0.39 is 10.0 Å². The molecule has 4 aromatic rings. The maximum Gasteiger partial charge on any atom is 0.266 e. The van der Waals surface area contributed by atoms with E-state index in [1.807, 2.05) is 36.5 Å². The van der Waals surface area contributed by atoms with Crippen LogP contribution in [0.5, 0.6) is 0 Å². The van der Waals surface area contributed by atoms with Gasteiger partial charge >= 0.3 is 0 Å². The number of carbonyl (C=O) groups is 1. The van der Waals surface area contributed by atoms with E-state index in [1.54, 1.807) is 41.5 Å². The van der Waals surface area contributed by atoms with Gasteiger partial charge in [-0.2, -0.15) is 5.10 Å². The summed E-state index contributed by atoms with van der Waals surface area (Å²) in [7, 11) is -2.30. The lowest BCUT2D eigenvalue weighted by Crippen LogP contribution is -2.41. The number of hydrogen-bond donors (Lipinski definition) is 0. The normalized spacial score (nSPS) is 11.3. The molecular weight excluding hydrogens is 446 g/mol. The van der Waals surface area contributed by atoms with Gasteiger partial charge < -0.3 is 4.90 Å². The number of nitrogens with zero attached hydrogens (tertiary/aromatic N) is 5. The number of sulfonamides is 1. The number of para-hydroxylation sites is 1. The van der Waals surface area contributed by atoms with Crippen molar-refractivity contribution in [3.05, 3.63) is 90.2 Å². The number of likely N-dealkylation sites (N-methyl/N-ethyl adjacent to an activating group) is 1. The zero-order valence-corrected chi connectivity index (χ0v) is 18.9. The van der Waals surface area contributed by atoms with Crippen LogP contribution in [0.15, 0.2) is 89.5 Å². The van der Waals surface area contributed by atoms with Crippen LogP contribution in [0.3, 0.4) is 0 Å². The van der Waals surface area contributed by atoms with Gasteiger partial charge in [-0.1, -0.05) is 36.4 Å². The first-order valence-electron chi connectivity index (χ1n) is 9.75. The van der Waals surface area contributed by atoms with Crippen LogP contribution >= 0.6 is 11.3 Å². The van der Waals surface area contributed by atoms with E-state index in [2.05, 4.69) is 10.1 Å². The Bertz CT molecular complexity index is 1270. The highest BCUT2D eigenvalue weighted by Crippen LogP contribution is 2.25. The minimum atomic E-state index is -3.94. The van der Waals surface area contributed by atoms with E-state index in [1.165, 1.54) is 23.2 Å². The Morgan fingerprint density at radius 2 is 1.75 bits per heavy atom. The Morgan fingerprint density at radius 1 is 1.06 bits per heavy atom. The lowest BCUT2D eigenvalue weighted by Gasteiger charge is -2.24. The van der Waals surface area contributed by atoms with Gasteiger partial charge in [0.1, 0.15) is 6.54 Å². The summed E-state index contributed by atoms with van der Waals surface area (Å²) < 4.78 is 29.2. The fraction of sp³-hybridized carbons (Fsp3) is 0.136. The van der Waals surface area contributed by atoms with E-state index in [-0.39, 0.29) is 22.5 Å². The zero-order chi connectivity index (χ0) is 22.6. The Hall–Kier alpha value is -3.50. The summed E-state index contributed by atoms with van der Waals surface area (Å²) in [5.41, 5.74) is 1.74. The van der Waals surface area contributed by atoms with E-state index in [9.17, 15) is 13.2 Å². The summed E-state index contributed by atoms with van der Waals surface area (Å²) in [4.78, 5) is 18.7. The molecule has 0 aliphatic carbocycles. The Morgan fingerprint density at radius 3 is 2.41 bits per heavy atom. The minimum absolute atomic E-state index is 0.106. The molecule has 0 atom stereocenters. The van der Waals surface area contributed by atoms with Crippen molar-refractivity contribution in [3.8, 4) is 5.69 Å². The maximum atomic E-state index is 13.2. The molecule has 8 nitrogen and oxygen atoms in total. The molecule has 2 aromatic carbocycles. The first-order valence-corrected chi connectivity index (χ1v) is 12.1. The molecule has 0 fully saturated rings. The first kappa shape index (κ1) is 21.7. The standard InChI is InChI=1S/C22H21N5O3S2/c1-25(15-18-14-24-26(16-18)19-8-4-2-5-9-19)21(28)17-27(22-23-12-13-31-22)32(29,30)20-10-6-3-7-11-20/h2-14,16H,15,17H2,1H3. The molecule has 0 radical (unpaired) electrons. The molecular formula is C22H21N5O3S2. The number of amides is 1. The van der Waals surface area contributed by atoms with Crippen LogP contribution in [0.4, 0.5) is 5.13 Å². The molecule has 10 heteroatoms. The summed E-state index contributed by atoms with van der Waals surface area (Å²) in [5.74, 6) is -0.354. The number of aromatic nitrogens is 3. The second-order valence-corrected chi connectivity index (χ2v) is 9.75. The molecule has 2 aromatic heterocycles. The van der Waals surface area contributed by atoms with Crippen molar-refractivity contribution < 1.29 is 13.2 Å². The SMILES string of the molecule is CN(Cc1cnn(-c2ccccc2)c1)C(=O)CN(c1nccs1)S(=O)(=O)c1ccccc1. The van der Waals surface area contributed by atoms with Gasteiger partial charge in [0.15, 0.2) is 5.13 Å². The van der Waals surface area contributed by atoms with Gasteiger partial charge in [0.05, 0.1) is 16.8 Å². The molecule has 0 N–H and O–H groups in total. The van der Waals surface area contributed by atoms with E-state index >= 15 is 0 Å². The summed E-state index contributed by atoms with van der Waals surface area (Å²) in [5, 5.41) is 6.26. The zero-order valence-electron chi connectivity index (χ0n) is 17.3. The Labute approximate surface area is 190 Å². The smallest absolute Gasteiger partial charge is 0.266 e. The van der Waals surface area contributed by atoms with Crippen molar-refractivity contribution in [2.24, 2.45) is 0 Å². The van der Waals surface area contributed by atoms with Gasteiger partial charge in [-0.25, -0.2) is 22.4 Å². The average Bonchev–Trinajstić information content (AvgIpc) is 3.51. The minimum Gasteiger partial charge on any atom is -0.340 e. The van der Waals surface area contributed by atoms with Crippen LogP contribution in [0.1, 0.15) is 5.56 Å². The van der Waals surface area contributed by atoms with Gasteiger partial charge in [0, 0.05) is 36.9 Å². The van der Waals surface area contributed by atoms with Crippen LogP contribution in [0.2, 0.25) is 0 Å². The fourth-order valence-electron chi connectivity index (χ4n) is 3.08. The monoisotopic (exact) mass is 467 g/mol. The summed E-state index contributed by atoms with van der Waals surface area (Å²) in [6.45, 7) is -0.0587. The molecule has 0 bridgehead atoms. The molecule has 0 aliphatic rings. The van der Waals surface area contributed by atoms with Crippen molar-refractivity contribution in [1.29, 1.82) is 0 Å². The average molecular weight is 468 g/mol. The molecule has 0 spiro atoms. The number of carbonyl (C=O) groups excluding carboxylic acids is 1. The molecule has 0 aliphatic heterocycles. The molecule has 164 valence electrons. The van der Waals surface area contributed by atoms with E-state index in [4.69, 9.17) is 0 Å². The molecule has 4 rings (SSSR count). The lowest BCUT2D eigenvalue weighted by atomic mass is 10.3. The van der Waals surface area contributed by atoms with E-state index in [0.717, 1.165) is 26.9 Å². The van der Waals surface area contributed by atoms with Crippen LogP contribution < -0.4 is 4.31 Å². The fourth-order valence-corrected chi connectivity index (χ4v) is 5.34. The quantitative estimate of drug-likeness (QED) is 0.397. The predicted octanol–water partition coefficient (Wildman–Crippen LogP) is 3.18. The van der Waals surface area contributed by atoms with Gasteiger partial charge in [0.2, 0.25) is 5.91 Å². The summed E-state index contributed by atoms with van der Waals surface area (Å²) in [6, 6.07) is 17.7. The third kappa shape index (κ3) is 4.71. The van der Waals surface area contributed by atoms with Crippen LogP contribution in [-0.4, -0.2) is 47.6 Å². The van der Waals surface area contributed by atoms with Crippen molar-refractivity contribution in [1.82, 2.24) is 19.7 Å². The van der Waals surface area contributed by atoms with Crippen molar-refractivity contribution in [3.63, 3.8) is 0 Å². The Balaban J connectivity index is 1.51. The third-order valence-corrected chi connectivity index (χ3v) is 7.41. The molecule has 2 heterocycles. The molecule has 0 saturated carbocycles. The molecule has 0 unspecified atom stereocenters. The van der Waals surface area contributed by atoms with Crippen molar-refractivity contribution in [2.45, 2.75) is 11.4 Å². The van der Waals surface area contributed by atoms with Gasteiger partial charge in [-0.15, -0.1) is 11.3 Å². The van der Waals surface area contributed by atoms with Crippen molar-refractivity contribution in [2.75, 3.05) is 17.9 Å². The largest absolute Gasteiger partial charge is 0.340 e. The highest BCUT2D eigenvalue weighted by atomic mass is 32.2. The van der Waals surface area contributed by atoms with Crippen LogP contribution in [0, 0.1) is 0 Å². The van der Waals surface area contributed by atoms with E-state index in [0.29, 0.717) is 6.54 Å². The molecule has 32 heavy (non-hydrogen) atoms. The third-order valence-electron chi connectivity index (χ3n) is 4.75. The topological polar surface area (TPSA) is 88.4 Å². The second kappa shape index (κ2) is 9.33. The number of benzene rings is 2.